The number of amides is 1. The summed E-state index contributed by atoms with van der Waals surface area (Å²) in [5.74, 6) is -1.13. The molecule has 0 saturated carbocycles. The first kappa shape index (κ1) is 13.6. The lowest BCUT2D eigenvalue weighted by atomic mass is 9.93. The van der Waals surface area contributed by atoms with Crippen molar-refractivity contribution in [1.29, 1.82) is 0 Å². The summed E-state index contributed by atoms with van der Waals surface area (Å²) >= 11 is 0. The average Bonchev–Trinajstić information content (AvgIpc) is 2.35. The number of hydroxylamine groups is 1. The molecule has 1 rings (SSSR count). The molecule has 17 heavy (non-hydrogen) atoms. The van der Waals surface area contributed by atoms with E-state index in [-0.39, 0.29) is 11.7 Å². The molecule has 0 spiro atoms. The van der Waals surface area contributed by atoms with Crippen molar-refractivity contribution in [2.75, 3.05) is 0 Å². The third-order valence-electron chi connectivity index (χ3n) is 2.81. The summed E-state index contributed by atoms with van der Waals surface area (Å²) in [5.41, 5.74) is 2.16. The molecule has 1 aromatic rings. The minimum absolute atomic E-state index is 0.306. The third-order valence-corrected chi connectivity index (χ3v) is 2.81. The van der Waals surface area contributed by atoms with Crippen LogP contribution in [0.25, 0.3) is 0 Å². The summed E-state index contributed by atoms with van der Waals surface area (Å²) in [6.07, 6.45) is 2.81. The molecule has 1 unspecified atom stereocenters. The summed E-state index contributed by atoms with van der Waals surface area (Å²) in [7, 11) is 0. The molecular formula is C13H18FNO2. The van der Waals surface area contributed by atoms with Crippen molar-refractivity contribution in [2.24, 2.45) is 5.92 Å². The van der Waals surface area contributed by atoms with E-state index in [0.29, 0.717) is 18.4 Å². The Morgan fingerprint density at radius 2 is 2.18 bits per heavy atom. The van der Waals surface area contributed by atoms with Gasteiger partial charge in [0.1, 0.15) is 5.82 Å². The van der Waals surface area contributed by atoms with E-state index in [1.54, 1.807) is 23.7 Å². The Balaban J connectivity index is 2.72. The van der Waals surface area contributed by atoms with Gasteiger partial charge in [0.25, 0.3) is 0 Å². The fourth-order valence-electron chi connectivity index (χ4n) is 1.80. The highest BCUT2D eigenvalue weighted by Crippen LogP contribution is 2.17. The number of halogens is 1. The van der Waals surface area contributed by atoms with Crippen LogP contribution < -0.4 is 5.48 Å². The van der Waals surface area contributed by atoms with Crippen LogP contribution in [0.4, 0.5) is 4.39 Å². The second-order valence-electron chi connectivity index (χ2n) is 4.11. The smallest absolute Gasteiger partial charge is 0.246 e. The Bertz CT molecular complexity index is 368. The van der Waals surface area contributed by atoms with Gasteiger partial charge in [-0.3, -0.25) is 10.0 Å². The van der Waals surface area contributed by atoms with E-state index in [1.165, 1.54) is 6.07 Å². The van der Waals surface area contributed by atoms with Gasteiger partial charge in [-0.2, -0.15) is 0 Å². The number of nitrogens with one attached hydrogen (secondary N) is 1. The van der Waals surface area contributed by atoms with E-state index < -0.39 is 5.91 Å². The molecule has 2 N–H and O–H groups in total. The average molecular weight is 239 g/mol. The van der Waals surface area contributed by atoms with Crippen LogP contribution in [0, 0.1) is 11.7 Å². The molecule has 0 aliphatic rings. The fourth-order valence-corrected chi connectivity index (χ4v) is 1.80. The zero-order chi connectivity index (χ0) is 12.7. The van der Waals surface area contributed by atoms with Crippen molar-refractivity contribution in [3.63, 3.8) is 0 Å². The third kappa shape index (κ3) is 4.15. The maximum absolute atomic E-state index is 13.4. The summed E-state index contributed by atoms with van der Waals surface area (Å²) in [6, 6.07) is 6.40. The fraction of sp³-hybridized carbons (Fsp3) is 0.462. The van der Waals surface area contributed by atoms with Crippen molar-refractivity contribution >= 4 is 5.91 Å². The van der Waals surface area contributed by atoms with Gasteiger partial charge in [0.2, 0.25) is 5.91 Å². The van der Waals surface area contributed by atoms with Crippen LogP contribution in [0.3, 0.4) is 0 Å². The Labute approximate surface area is 101 Å². The number of rotatable bonds is 6. The van der Waals surface area contributed by atoms with Crippen LogP contribution >= 0.6 is 0 Å². The molecule has 0 aromatic heterocycles. The zero-order valence-electron chi connectivity index (χ0n) is 9.95. The van der Waals surface area contributed by atoms with Crippen LogP contribution in [0.5, 0.6) is 0 Å². The number of benzene rings is 1. The molecule has 4 heteroatoms. The van der Waals surface area contributed by atoms with E-state index in [0.717, 1.165) is 12.8 Å². The summed E-state index contributed by atoms with van der Waals surface area (Å²) in [4.78, 5) is 11.4. The van der Waals surface area contributed by atoms with E-state index in [1.807, 2.05) is 6.92 Å². The molecule has 3 nitrogen and oxygen atoms in total. The first-order valence-electron chi connectivity index (χ1n) is 5.86. The maximum Gasteiger partial charge on any atom is 0.246 e. The van der Waals surface area contributed by atoms with E-state index in [4.69, 9.17) is 5.21 Å². The lowest BCUT2D eigenvalue weighted by Crippen LogP contribution is -2.29. The second kappa shape index (κ2) is 7.01. The summed E-state index contributed by atoms with van der Waals surface area (Å²) in [5, 5.41) is 8.66. The number of unbranched alkanes of at least 4 members (excludes halogenated alkanes) is 1. The minimum atomic E-state index is -0.443. The molecule has 0 saturated heterocycles. The first-order chi connectivity index (χ1) is 8.19. The molecule has 1 atom stereocenters. The van der Waals surface area contributed by atoms with Crippen molar-refractivity contribution in [1.82, 2.24) is 5.48 Å². The van der Waals surface area contributed by atoms with Crippen molar-refractivity contribution in [2.45, 2.75) is 32.6 Å². The van der Waals surface area contributed by atoms with Crippen LogP contribution in [0.1, 0.15) is 31.7 Å². The largest absolute Gasteiger partial charge is 0.289 e. The van der Waals surface area contributed by atoms with Gasteiger partial charge in [-0.25, -0.2) is 9.87 Å². The van der Waals surface area contributed by atoms with Crippen LogP contribution in [-0.2, 0) is 11.2 Å². The van der Waals surface area contributed by atoms with Crippen LogP contribution in [-0.4, -0.2) is 11.1 Å². The quantitative estimate of drug-likeness (QED) is 0.592. The molecule has 1 amide bonds. The minimum Gasteiger partial charge on any atom is -0.289 e. The molecule has 0 aliphatic heterocycles. The Hall–Kier alpha value is -1.42. The molecule has 0 aliphatic carbocycles. The number of hydrogen-bond acceptors (Lipinski definition) is 2. The molecule has 94 valence electrons. The predicted molar refractivity (Wildman–Crippen MR) is 63.0 cm³/mol. The zero-order valence-corrected chi connectivity index (χ0v) is 9.95. The molecule has 0 radical (unpaired) electrons. The number of hydrogen-bond donors (Lipinski definition) is 2. The standard InChI is InChI=1S/C13H18FNO2/c1-2-3-6-11(13(16)15-17)9-10-7-4-5-8-12(10)14/h4-5,7-8,11,17H,2-3,6,9H2,1H3,(H,15,16). The van der Waals surface area contributed by atoms with Crippen LogP contribution in [0.2, 0.25) is 0 Å². The van der Waals surface area contributed by atoms with E-state index in [9.17, 15) is 9.18 Å². The highest BCUT2D eigenvalue weighted by atomic mass is 19.1. The Morgan fingerprint density at radius 1 is 1.47 bits per heavy atom. The number of carbonyl (C=O) groups is 1. The van der Waals surface area contributed by atoms with Gasteiger partial charge in [0.15, 0.2) is 0 Å². The second-order valence-corrected chi connectivity index (χ2v) is 4.11. The first-order valence-corrected chi connectivity index (χ1v) is 5.86. The SMILES string of the molecule is CCCCC(Cc1ccccc1F)C(=O)NO. The van der Waals surface area contributed by atoms with Gasteiger partial charge in [-0.05, 0) is 24.5 Å². The Kier molecular flexibility index (Phi) is 5.63. The van der Waals surface area contributed by atoms with Gasteiger partial charge in [-0.1, -0.05) is 38.0 Å². The van der Waals surface area contributed by atoms with Gasteiger partial charge >= 0.3 is 0 Å². The normalized spacial score (nSPS) is 12.2. The predicted octanol–water partition coefficient (Wildman–Crippen LogP) is 2.68. The Morgan fingerprint density at radius 3 is 2.76 bits per heavy atom. The lowest BCUT2D eigenvalue weighted by Gasteiger charge is -2.14. The van der Waals surface area contributed by atoms with E-state index >= 15 is 0 Å². The monoisotopic (exact) mass is 239 g/mol. The van der Waals surface area contributed by atoms with Gasteiger partial charge < -0.3 is 0 Å². The molecule has 0 fully saturated rings. The van der Waals surface area contributed by atoms with Crippen LogP contribution in [0.15, 0.2) is 24.3 Å². The summed E-state index contributed by atoms with van der Waals surface area (Å²) < 4.78 is 13.4. The summed E-state index contributed by atoms with van der Waals surface area (Å²) in [6.45, 7) is 2.02. The van der Waals surface area contributed by atoms with Crippen molar-refractivity contribution in [3.05, 3.63) is 35.6 Å². The number of carbonyl (C=O) groups excluding carboxylic acids is 1. The maximum atomic E-state index is 13.4. The van der Waals surface area contributed by atoms with Crippen molar-refractivity contribution < 1.29 is 14.4 Å². The molecule has 1 aromatic carbocycles. The van der Waals surface area contributed by atoms with Gasteiger partial charge in [0.05, 0.1) is 0 Å². The highest BCUT2D eigenvalue weighted by molar-refractivity contribution is 5.77. The van der Waals surface area contributed by atoms with Gasteiger partial charge in [0, 0.05) is 5.92 Å². The van der Waals surface area contributed by atoms with Crippen molar-refractivity contribution in [3.8, 4) is 0 Å². The van der Waals surface area contributed by atoms with E-state index in [2.05, 4.69) is 0 Å². The highest BCUT2D eigenvalue weighted by Gasteiger charge is 2.19. The topological polar surface area (TPSA) is 49.3 Å². The molecular weight excluding hydrogens is 221 g/mol. The molecule has 0 bridgehead atoms. The molecule has 0 heterocycles. The lowest BCUT2D eigenvalue weighted by molar-refractivity contribution is -0.133. The van der Waals surface area contributed by atoms with Gasteiger partial charge in [-0.15, -0.1) is 0 Å².